The lowest BCUT2D eigenvalue weighted by atomic mass is 10.2. The third kappa shape index (κ3) is 2.40. The number of hydrogen-bond acceptors (Lipinski definition) is 3. The van der Waals surface area contributed by atoms with Crippen LogP contribution in [0.3, 0.4) is 0 Å². The highest BCUT2D eigenvalue weighted by Crippen LogP contribution is 2.28. The van der Waals surface area contributed by atoms with Crippen LogP contribution in [0.25, 0.3) is 28.2 Å². The van der Waals surface area contributed by atoms with Crippen LogP contribution in [0.1, 0.15) is 0 Å². The molecule has 0 saturated carbocycles. The summed E-state index contributed by atoms with van der Waals surface area (Å²) in [4.78, 5) is 17.7. The lowest BCUT2D eigenvalue weighted by molar-refractivity contribution is 0.574. The maximum Gasteiger partial charge on any atom is 0.266 e. The van der Waals surface area contributed by atoms with Crippen molar-refractivity contribution in [2.45, 2.75) is 0 Å². The van der Waals surface area contributed by atoms with E-state index >= 15 is 0 Å². The number of fused-ring (bicyclic) bond motifs is 1. The van der Waals surface area contributed by atoms with E-state index in [0.29, 0.717) is 38.2 Å². The molecule has 0 radical (unpaired) electrons. The molecular weight excluding hydrogens is 347 g/mol. The van der Waals surface area contributed by atoms with Crippen molar-refractivity contribution in [2.24, 2.45) is 0 Å². The van der Waals surface area contributed by atoms with Gasteiger partial charge in [0.2, 0.25) is 0 Å². The van der Waals surface area contributed by atoms with Gasteiger partial charge in [0.1, 0.15) is 0 Å². The zero-order chi connectivity index (χ0) is 16.7. The van der Waals surface area contributed by atoms with E-state index in [0.717, 1.165) is 0 Å². The van der Waals surface area contributed by atoms with Gasteiger partial charge in [-0.25, -0.2) is 4.98 Å². The molecule has 4 aromatic rings. The van der Waals surface area contributed by atoms with Gasteiger partial charge in [0, 0.05) is 5.02 Å². The minimum atomic E-state index is -0.226. The van der Waals surface area contributed by atoms with E-state index in [2.05, 4.69) is 4.98 Å². The Kier molecular flexibility index (Phi) is 3.63. The molecule has 0 bridgehead atoms. The third-order valence-corrected chi connectivity index (χ3v) is 4.21. The van der Waals surface area contributed by atoms with Gasteiger partial charge in [0.05, 0.1) is 27.9 Å². The van der Waals surface area contributed by atoms with Gasteiger partial charge in [-0.3, -0.25) is 9.36 Å². The summed E-state index contributed by atoms with van der Waals surface area (Å²) in [6, 6.07) is 15.6. The summed E-state index contributed by atoms with van der Waals surface area (Å²) < 4.78 is 6.90. The Bertz CT molecular complexity index is 1100. The van der Waals surface area contributed by atoms with Crippen LogP contribution in [0.5, 0.6) is 0 Å². The van der Waals surface area contributed by atoms with Crippen LogP contribution in [-0.2, 0) is 0 Å². The van der Waals surface area contributed by atoms with Gasteiger partial charge in [-0.2, -0.15) is 0 Å². The van der Waals surface area contributed by atoms with E-state index in [9.17, 15) is 4.79 Å². The molecule has 2 aromatic heterocycles. The second-order valence-corrected chi connectivity index (χ2v) is 6.01. The minimum Gasteiger partial charge on any atom is -0.461 e. The molecule has 0 aliphatic rings. The molecule has 0 fully saturated rings. The normalized spacial score (nSPS) is 11.1. The highest BCUT2D eigenvalue weighted by atomic mass is 35.5. The van der Waals surface area contributed by atoms with Crippen LogP contribution in [0, 0.1) is 0 Å². The predicted octanol–water partition coefficient (Wildman–Crippen LogP) is 4.95. The van der Waals surface area contributed by atoms with Crippen molar-refractivity contribution in [3.05, 3.63) is 81.3 Å². The molecular formula is C18H10Cl2N2O2. The molecule has 24 heavy (non-hydrogen) atoms. The fraction of sp³-hybridized carbons (Fsp3) is 0. The van der Waals surface area contributed by atoms with E-state index in [4.69, 9.17) is 27.6 Å². The topological polar surface area (TPSA) is 48.0 Å². The molecule has 0 spiro atoms. The average molecular weight is 357 g/mol. The van der Waals surface area contributed by atoms with Crippen molar-refractivity contribution in [1.29, 1.82) is 0 Å². The summed E-state index contributed by atoms with van der Waals surface area (Å²) >= 11 is 12.3. The maximum absolute atomic E-state index is 13.1. The van der Waals surface area contributed by atoms with Crippen molar-refractivity contribution in [2.75, 3.05) is 0 Å². The van der Waals surface area contributed by atoms with Crippen LogP contribution in [0.2, 0.25) is 10.0 Å². The van der Waals surface area contributed by atoms with E-state index in [1.165, 1.54) is 10.8 Å². The largest absolute Gasteiger partial charge is 0.461 e. The molecule has 0 saturated heterocycles. The number of nitrogens with zero attached hydrogens (tertiary/aromatic N) is 2. The Balaban J connectivity index is 2.15. The third-order valence-electron chi connectivity index (χ3n) is 3.67. The molecule has 2 aromatic carbocycles. The Labute approximate surface area is 146 Å². The van der Waals surface area contributed by atoms with E-state index < -0.39 is 0 Å². The first-order valence-electron chi connectivity index (χ1n) is 7.16. The van der Waals surface area contributed by atoms with E-state index in [1.54, 1.807) is 48.5 Å². The quantitative estimate of drug-likeness (QED) is 0.510. The number of rotatable bonds is 2. The van der Waals surface area contributed by atoms with Gasteiger partial charge in [-0.15, -0.1) is 0 Å². The van der Waals surface area contributed by atoms with Crippen molar-refractivity contribution in [3.63, 3.8) is 0 Å². The van der Waals surface area contributed by atoms with Crippen LogP contribution in [-0.4, -0.2) is 9.55 Å². The molecule has 0 aliphatic heterocycles. The van der Waals surface area contributed by atoms with Gasteiger partial charge in [0.15, 0.2) is 11.6 Å². The molecule has 4 rings (SSSR count). The summed E-state index contributed by atoms with van der Waals surface area (Å²) in [6.45, 7) is 0. The van der Waals surface area contributed by atoms with Crippen molar-refractivity contribution in [1.82, 2.24) is 9.55 Å². The fourth-order valence-electron chi connectivity index (χ4n) is 2.59. The number of hydrogen-bond donors (Lipinski definition) is 0. The molecule has 2 heterocycles. The van der Waals surface area contributed by atoms with Crippen molar-refractivity contribution in [3.8, 4) is 17.3 Å². The first kappa shape index (κ1) is 15.0. The summed E-state index contributed by atoms with van der Waals surface area (Å²) in [7, 11) is 0. The lowest BCUT2D eigenvalue weighted by Crippen LogP contribution is -2.22. The lowest BCUT2D eigenvalue weighted by Gasteiger charge is -2.13. The van der Waals surface area contributed by atoms with Gasteiger partial charge in [-0.1, -0.05) is 35.3 Å². The zero-order valence-electron chi connectivity index (χ0n) is 12.2. The molecule has 0 atom stereocenters. The zero-order valence-corrected chi connectivity index (χ0v) is 13.8. The Morgan fingerprint density at radius 3 is 2.58 bits per heavy atom. The number of para-hydroxylation sites is 1. The second-order valence-electron chi connectivity index (χ2n) is 5.17. The van der Waals surface area contributed by atoms with Gasteiger partial charge in [-0.05, 0) is 42.5 Å². The molecule has 0 amide bonds. The van der Waals surface area contributed by atoms with Gasteiger partial charge < -0.3 is 4.42 Å². The monoisotopic (exact) mass is 356 g/mol. The molecule has 4 nitrogen and oxygen atoms in total. The summed E-state index contributed by atoms with van der Waals surface area (Å²) in [6.07, 6.45) is 1.53. The van der Waals surface area contributed by atoms with Crippen LogP contribution < -0.4 is 5.56 Å². The molecule has 6 heteroatoms. The summed E-state index contributed by atoms with van der Waals surface area (Å²) in [5, 5.41) is 1.35. The van der Waals surface area contributed by atoms with E-state index in [1.807, 2.05) is 6.07 Å². The Hall–Kier alpha value is -2.56. The minimum absolute atomic E-state index is 0.226. The highest BCUT2D eigenvalue weighted by molar-refractivity contribution is 6.35. The van der Waals surface area contributed by atoms with E-state index in [-0.39, 0.29) is 5.56 Å². The molecule has 118 valence electrons. The Morgan fingerprint density at radius 1 is 1.00 bits per heavy atom. The fourth-order valence-corrected chi connectivity index (χ4v) is 3.08. The maximum atomic E-state index is 13.1. The predicted molar refractivity (Wildman–Crippen MR) is 95.1 cm³/mol. The summed E-state index contributed by atoms with van der Waals surface area (Å²) in [5.74, 6) is 0.858. The first-order valence-corrected chi connectivity index (χ1v) is 7.92. The second kappa shape index (κ2) is 5.82. The van der Waals surface area contributed by atoms with Crippen molar-refractivity contribution < 1.29 is 4.42 Å². The first-order chi connectivity index (χ1) is 11.6. The molecule has 0 N–H and O–H groups in total. The van der Waals surface area contributed by atoms with Crippen molar-refractivity contribution >= 4 is 34.1 Å². The molecule has 0 aliphatic carbocycles. The number of halogens is 2. The van der Waals surface area contributed by atoms with Crippen LogP contribution >= 0.6 is 23.2 Å². The Morgan fingerprint density at radius 2 is 1.83 bits per heavy atom. The summed E-state index contributed by atoms with van der Waals surface area (Å²) in [5.41, 5.74) is 0.863. The average Bonchev–Trinajstić information content (AvgIpc) is 3.10. The highest BCUT2D eigenvalue weighted by Gasteiger charge is 2.18. The SMILES string of the molecule is O=c1c2ccccc2nc(-c2ccco2)n1-c1ccc(Cl)cc1Cl. The number of aromatic nitrogens is 2. The van der Waals surface area contributed by atoms with Gasteiger partial charge >= 0.3 is 0 Å². The van der Waals surface area contributed by atoms with Crippen LogP contribution in [0.15, 0.2) is 70.1 Å². The number of furan rings is 1. The van der Waals surface area contributed by atoms with Gasteiger partial charge in [0.25, 0.3) is 5.56 Å². The number of benzene rings is 2. The molecule has 0 unspecified atom stereocenters. The standard InChI is InChI=1S/C18H10Cl2N2O2/c19-11-7-8-15(13(20)10-11)22-17(16-6-3-9-24-16)21-14-5-2-1-4-12(14)18(22)23/h1-10H. The van der Waals surface area contributed by atoms with Crippen LogP contribution in [0.4, 0.5) is 0 Å². The smallest absolute Gasteiger partial charge is 0.266 e.